The molecule has 0 amide bonds. The molecular formula is C16H12BrNO2S. The van der Waals surface area contributed by atoms with Crippen LogP contribution >= 0.6 is 27.3 Å². The van der Waals surface area contributed by atoms with Crippen molar-refractivity contribution >= 4 is 44.1 Å². The smallest absolute Gasteiger partial charge is 0.336 e. The van der Waals surface area contributed by atoms with E-state index in [1.807, 2.05) is 42.6 Å². The molecule has 0 fully saturated rings. The van der Waals surface area contributed by atoms with Gasteiger partial charge in [0.2, 0.25) is 0 Å². The number of nitrogens with zero attached hydrogens (tertiary/aromatic N) is 1. The molecule has 0 saturated heterocycles. The molecular weight excluding hydrogens is 350 g/mol. The van der Waals surface area contributed by atoms with E-state index in [4.69, 9.17) is 4.98 Å². The first kappa shape index (κ1) is 14.2. The second-order valence-electron chi connectivity index (χ2n) is 4.61. The predicted octanol–water partition coefficient (Wildman–Crippen LogP) is 4.99. The fourth-order valence-corrected chi connectivity index (χ4v) is 3.58. The maximum Gasteiger partial charge on any atom is 0.336 e. The second-order valence-corrected chi connectivity index (χ2v) is 6.47. The van der Waals surface area contributed by atoms with Crippen molar-refractivity contribution in [2.45, 2.75) is 13.3 Å². The Morgan fingerprint density at radius 1 is 1.38 bits per heavy atom. The first-order valence-corrected chi connectivity index (χ1v) is 8.18. The van der Waals surface area contributed by atoms with Crippen molar-refractivity contribution in [2.75, 3.05) is 0 Å². The largest absolute Gasteiger partial charge is 0.478 e. The number of carboxylic acid groups (broad SMARTS) is 1. The molecule has 3 nitrogen and oxygen atoms in total. The molecule has 0 aliphatic carbocycles. The van der Waals surface area contributed by atoms with Crippen molar-refractivity contribution in [3.63, 3.8) is 0 Å². The summed E-state index contributed by atoms with van der Waals surface area (Å²) in [6.07, 6.45) is 0.629. The molecule has 3 rings (SSSR count). The highest BCUT2D eigenvalue weighted by atomic mass is 79.9. The van der Waals surface area contributed by atoms with Gasteiger partial charge in [-0.1, -0.05) is 28.9 Å². The van der Waals surface area contributed by atoms with Gasteiger partial charge in [0.25, 0.3) is 0 Å². The minimum Gasteiger partial charge on any atom is -0.478 e. The van der Waals surface area contributed by atoms with E-state index in [1.54, 1.807) is 11.3 Å². The molecule has 3 aromatic rings. The van der Waals surface area contributed by atoms with E-state index in [1.165, 1.54) is 0 Å². The summed E-state index contributed by atoms with van der Waals surface area (Å²) >= 11 is 4.97. The average molecular weight is 362 g/mol. The molecule has 0 unspecified atom stereocenters. The first-order chi connectivity index (χ1) is 10.1. The van der Waals surface area contributed by atoms with Gasteiger partial charge in [-0.2, -0.15) is 0 Å². The number of hydrogen-bond donors (Lipinski definition) is 1. The number of carboxylic acids is 1. The Morgan fingerprint density at radius 2 is 2.19 bits per heavy atom. The van der Waals surface area contributed by atoms with Crippen LogP contribution in [0.2, 0.25) is 0 Å². The average Bonchev–Trinajstić information content (AvgIpc) is 2.98. The zero-order valence-corrected chi connectivity index (χ0v) is 13.7. The van der Waals surface area contributed by atoms with Crippen LogP contribution in [-0.2, 0) is 6.42 Å². The maximum atomic E-state index is 11.8. The number of thiophene rings is 1. The van der Waals surface area contributed by atoms with Gasteiger partial charge in [0.1, 0.15) is 0 Å². The SMILES string of the molecule is CCc1c(-c2cccs2)nc2ccc(Br)cc2c1C(=O)O. The molecule has 0 saturated carbocycles. The maximum absolute atomic E-state index is 11.8. The number of aromatic carboxylic acids is 1. The lowest BCUT2D eigenvalue weighted by Gasteiger charge is -2.13. The molecule has 0 aliphatic heterocycles. The number of pyridine rings is 1. The van der Waals surface area contributed by atoms with Gasteiger partial charge in [0.15, 0.2) is 0 Å². The molecule has 0 atom stereocenters. The van der Waals surface area contributed by atoms with Crippen molar-refractivity contribution in [2.24, 2.45) is 0 Å². The highest BCUT2D eigenvalue weighted by molar-refractivity contribution is 9.10. The molecule has 1 aromatic carbocycles. The van der Waals surface area contributed by atoms with Crippen LogP contribution in [-0.4, -0.2) is 16.1 Å². The predicted molar refractivity (Wildman–Crippen MR) is 89.1 cm³/mol. The normalized spacial score (nSPS) is 11.0. The number of benzene rings is 1. The lowest BCUT2D eigenvalue weighted by Crippen LogP contribution is -2.06. The van der Waals surface area contributed by atoms with Gasteiger partial charge in [0, 0.05) is 9.86 Å². The van der Waals surface area contributed by atoms with E-state index in [-0.39, 0.29) is 0 Å². The highest BCUT2D eigenvalue weighted by Crippen LogP contribution is 2.34. The van der Waals surface area contributed by atoms with Gasteiger partial charge in [-0.25, -0.2) is 9.78 Å². The minimum atomic E-state index is -0.907. The van der Waals surface area contributed by atoms with Crippen LogP contribution in [0.4, 0.5) is 0 Å². The van der Waals surface area contributed by atoms with E-state index in [9.17, 15) is 9.90 Å². The third kappa shape index (κ3) is 2.47. The molecule has 106 valence electrons. The minimum absolute atomic E-state index is 0.354. The van der Waals surface area contributed by atoms with Gasteiger partial charge >= 0.3 is 5.97 Å². The number of carbonyl (C=O) groups is 1. The molecule has 5 heteroatoms. The molecule has 1 N–H and O–H groups in total. The molecule has 2 heterocycles. The summed E-state index contributed by atoms with van der Waals surface area (Å²) in [5.41, 5.74) is 2.62. The number of hydrogen-bond acceptors (Lipinski definition) is 3. The monoisotopic (exact) mass is 361 g/mol. The summed E-state index contributed by atoms with van der Waals surface area (Å²) < 4.78 is 0.852. The van der Waals surface area contributed by atoms with Crippen molar-refractivity contribution in [3.05, 3.63) is 51.3 Å². The van der Waals surface area contributed by atoms with Crippen molar-refractivity contribution in [1.29, 1.82) is 0 Å². The Kier molecular flexibility index (Phi) is 3.78. The van der Waals surface area contributed by atoms with E-state index < -0.39 is 5.97 Å². The zero-order valence-electron chi connectivity index (χ0n) is 11.3. The van der Waals surface area contributed by atoms with Crippen LogP contribution in [0.1, 0.15) is 22.8 Å². The Balaban J connectivity index is 2.45. The van der Waals surface area contributed by atoms with E-state index in [2.05, 4.69) is 15.9 Å². The van der Waals surface area contributed by atoms with Gasteiger partial charge in [-0.3, -0.25) is 0 Å². The summed E-state index contributed by atoms with van der Waals surface area (Å²) in [7, 11) is 0. The number of halogens is 1. The number of rotatable bonds is 3. The summed E-state index contributed by atoms with van der Waals surface area (Å²) in [5, 5.41) is 12.3. The van der Waals surface area contributed by atoms with Gasteiger partial charge in [-0.05, 0) is 41.6 Å². The third-order valence-electron chi connectivity index (χ3n) is 3.37. The lowest BCUT2D eigenvalue weighted by molar-refractivity contribution is 0.0698. The van der Waals surface area contributed by atoms with Crippen molar-refractivity contribution < 1.29 is 9.90 Å². The summed E-state index contributed by atoms with van der Waals surface area (Å²) in [6.45, 7) is 1.96. The standard InChI is InChI=1S/C16H12BrNO2S/c1-2-10-14(16(19)20)11-8-9(17)5-6-12(11)18-15(10)13-4-3-7-21-13/h3-8H,2H2,1H3,(H,19,20). The highest BCUT2D eigenvalue weighted by Gasteiger charge is 2.20. The van der Waals surface area contributed by atoms with E-state index in [0.717, 1.165) is 20.6 Å². The summed E-state index contributed by atoms with van der Waals surface area (Å²) in [5.74, 6) is -0.907. The van der Waals surface area contributed by atoms with Crippen LogP contribution in [0.3, 0.4) is 0 Å². The van der Waals surface area contributed by atoms with E-state index in [0.29, 0.717) is 22.9 Å². The molecule has 0 bridgehead atoms. The van der Waals surface area contributed by atoms with Crippen molar-refractivity contribution in [1.82, 2.24) is 4.98 Å². The fraction of sp³-hybridized carbons (Fsp3) is 0.125. The third-order valence-corrected chi connectivity index (χ3v) is 4.74. The fourth-order valence-electron chi connectivity index (χ4n) is 2.48. The topological polar surface area (TPSA) is 50.2 Å². The lowest BCUT2D eigenvalue weighted by atomic mass is 9.98. The van der Waals surface area contributed by atoms with Gasteiger partial charge in [-0.15, -0.1) is 11.3 Å². The van der Waals surface area contributed by atoms with Crippen LogP contribution in [0.5, 0.6) is 0 Å². The van der Waals surface area contributed by atoms with Crippen LogP contribution < -0.4 is 0 Å². The molecule has 0 spiro atoms. The van der Waals surface area contributed by atoms with Gasteiger partial charge < -0.3 is 5.11 Å². The zero-order chi connectivity index (χ0) is 15.0. The molecule has 0 aliphatic rings. The molecule has 0 radical (unpaired) electrons. The summed E-state index contributed by atoms with van der Waals surface area (Å²) in [4.78, 5) is 17.5. The van der Waals surface area contributed by atoms with Gasteiger partial charge in [0.05, 0.1) is 21.7 Å². The summed E-state index contributed by atoms with van der Waals surface area (Å²) in [6, 6.07) is 9.48. The van der Waals surface area contributed by atoms with E-state index >= 15 is 0 Å². The molecule has 21 heavy (non-hydrogen) atoms. The Bertz CT molecular complexity index is 828. The van der Waals surface area contributed by atoms with Crippen LogP contribution in [0, 0.1) is 0 Å². The Morgan fingerprint density at radius 3 is 2.81 bits per heavy atom. The van der Waals surface area contributed by atoms with Crippen LogP contribution in [0.15, 0.2) is 40.2 Å². The first-order valence-electron chi connectivity index (χ1n) is 6.51. The number of aromatic nitrogens is 1. The number of fused-ring (bicyclic) bond motifs is 1. The quantitative estimate of drug-likeness (QED) is 0.714. The Hall–Kier alpha value is -1.72. The Labute approximate surface area is 134 Å². The second kappa shape index (κ2) is 5.58. The van der Waals surface area contributed by atoms with Crippen LogP contribution in [0.25, 0.3) is 21.5 Å². The molecule has 2 aromatic heterocycles. The van der Waals surface area contributed by atoms with Crippen molar-refractivity contribution in [3.8, 4) is 10.6 Å².